The number of piperazine rings is 1. The molecule has 31 heavy (non-hydrogen) atoms. The van der Waals surface area contributed by atoms with Crippen molar-refractivity contribution in [1.82, 2.24) is 14.4 Å². The second kappa shape index (κ2) is 8.78. The molecule has 1 amide bonds. The van der Waals surface area contributed by atoms with E-state index in [0.717, 1.165) is 18.7 Å². The number of carbonyl (C=O) groups is 1. The van der Waals surface area contributed by atoms with Crippen LogP contribution < -0.4 is 10.3 Å². The van der Waals surface area contributed by atoms with Crippen LogP contribution >= 0.6 is 0 Å². The molecule has 1 aliphatic rings. The zero-order valence-electron chi connectivity index (χ0n) is 18.1. The predicted molar refractivity (Wildman–Crippen MR) is 121 cm³/mol. The van der Waals surface area contributed by atoms with Gasteiger partial charge in [-0.3, -0.25) is 14.2 Å². The van der Waals surface area contributed by atoms with Crippen molar-refractivity contribution in [2.75, 3.05) is 33.8 Å². The van der Waals surface area contributed by atoms with Crippen molar-refractivity contribution >= 4 is 5.91 Å². The molecular weight excluding hydrogens is 390 g/mol. The minimum Gasteiger partial charge on any atom is -0.495 e. The fourth-order valence-corrected chi connectivity index (χ4v) is 4.17. The van der Waals surface area contributed by atoms with Gasteiger partial charge in [0.2, 0.25) is 0 Å². The molecule has 1 aliphatic heterocycles. The number of aryl methyl sites for hydroxylation is 1. The summed E-state index contributed by atoms with van der Waals surface area (Å²) in [5, 5.41) is 0. The van der Waals surface area contributed by atoms with Crippen LogP contribution in [0.4, 0.5) is 0 Å². The summed E-state index contributed by atoms with van der Waals surface area (Å²) in [7, 11) is 3.62. The monoisotopic (exact) mass is 417 g/mol. The smallest absolute Gasteiger partial charge is 0.268 e. The average molecular weight is 418 g/mol. The highest BCUT2D eigenvalue weighted by Crippen LogP contribution is 2.27. The molecular formula is C25H27N3O3. The van der Waals surface area contributed by atoms with Crippen LogP contribution in [0.5, 0.6) is 5.75 Å². The van der Waals surface area contributed by atoms with E-state index < -0.39 is 0 Å². The number of carbonyl (C=O) groups excluding carboxylic acids is 1. The van der Waals surface area contributed by atoms with Gasteiger partial charge in [0, 0.05) is 25.8 Å². The Morgan fingerprint density at radius 3 is 2.45 bits per heavy atom. The first-order chi connectivity index (χ1) is 15.0. The summed E-state index contributed by atoms with van der Waals surface area (Å²) in [6.45, 7) is 3.87. The van der Waals surface area contributed by atoms with Gasteiger partial charge in [0.1, 0.15) is 11.3 Å². The van der Waals surface area contributed by atoms with Crippen molar-refractivity contribution in [3.05, 3.63) is 93.9 Å². The number of aromatic nitrogens is 1. The highest BCUT2D eigenvalue weighted by molar-refractivity contribution is 5.95. The maximum Gasteiger partial charge on any atom is 0.268 e. The Bertz CT molecular complexity index is 1140. The summed E-state index contributed by atoms with van der Waals surface area (Å²) in [4.78, 5) is 31.3. The quantitative estimate of drug-likeness (QED) is 0.654. The highest BCUT2D eigenvalue weighted by atomic mass is 16.5. The predicted octanol–water partition coefficient (Wildman–Crippen LogP) is 3.28. The molecule has 1 unspecified atom stereocenters. The second-order valence-electron chi connectivity index (χ2n) is 7.91. The minimum absolute atomic E-state index is 0.105. The lowest BCUT2D eigenvalue weighted by Gasteiger charge is -2.40. The number of rotatable bonds is 4. The maximum atomic E-state index is 13.7. The Labute approximate surface area is 182 Å². The fraction of sp³-hybridized carbons (Fsp3) is 0.280. The van der Waals surface area contributed by atoms with Gasteiger partial charge in [0.15, 0.2) is 0 Å². The number of benzene rings is 2. The van der Waals surface area contributed by atoms with Crippen LogP contribution in [0.15, 0.2) is 71.7 Å². The van der Waals surface area contributed by atoms with Crippen LogP contribution in [0.2, 0.25) is 0 Å². The summed E-state index contributed by atoms with van der Waals surface area (Å²) < 4.78 is 6.92. The first-order valence-corrected chi connectivity index (χ1v) is 10.4. The molecule has 3 aromatic rings. The third kappa shape index (κ3) is 3.99. The van der Waals surface area contributed by atoms with Crippen LogP contribution in [0.3, 0.4) is 0 Å². The van der Waals surface area contributed by atoms with Crippen molar-refractivity contribution < 1.29 is 9.53 Å². The van der Waals surface area contributed by atoms with Crippen LogP contribution in [0.1, 0.15) is 27.5 Å². The molecule has 1 saturated heterocycles. The Morgan fingerprint density at radius 1 is 1.00 bits per heavy atom. The first kappa shape index (κ1) is 20.9. The van der Waals surface area contributed by atoms with Gasteiger partial charge in [-0.05, 0) is 43.3 Å². The molecule has 0 N–H and O–H groups in total. The zero-order valence-corrected chi connectivity index (χ0v) is 18.1. The standard InChI is InChI=1S/C25H27N3O3/c1-18-13-14-27(20-11-7-8-12-22(20)31-3)24(29)23(18)25(30)28-16-15-26(2)17-21(28)19-9-5-4-6-10-19/h4-14,21H,15-17H2,1-3H3. The number of nitrogens with zero attached hydrogens (tertiary/aromatic N) is 3. The van der Waals surface area contributed by atoms with Gasteiger partial charge in [0.05, 0.1) is 18.8 Å². The molecule has 6 nitrogen and oxygen atoms in total. The summed E-state index contributed by atoms with van der Waals surface area (Å²) >= 11 is 0. The van der Waals surface area contributed by atoms with E-state index >= 15 is 0 Å². The maximum absolute atomic E-state index is 13.7. The molecule has 0 aliphatic carbocycles. The van der Waals surface area contributed by atoms with Gasteiger partial charge in [-0.15, -0.1) is 0 Å². The second-order valence-corrected chi connectivity index (χ2v) is 7.91. The summed E-state index contributed by atoms with van der Waals surface area (Å²) in [5.41, 5.74) is 2.23. The normalized spacial score (nSPS) is 16.9. The number of para-hydroxylation sites is 2. The van der Waals surface area contributed by atoms with E-state index in [1.54, 1.807) is 19.4 Å². The number of ether oxygens (including phenoxy) is 1. The van der Waals surface area contributed by atoms with Gasteiger partial charge in [-0.1, -0.05) is 42.5 Å². The lowest BCUT2D eigenvalue weighted by Crippen LogP contribution is -2.50. The Balaban J connectivity index is 1.78. The van der Waals surface area contributed by atoms with E-state index in [0.29, 0.717) is 23.5 Å². The lowest BCUT2D eigenvalue weighted by molar-refractivity contribution is 0.0495. The third-order valence-corrected chi connectivity index (χ3v) is 5.89. The molecule has 1 atom stereocenters. The van der Waals surface area contributed by atoms with E-state index in [1.807, 2.05) is 66.4 Å². The Kier molecular flexibility index (Phi) is 5.91. The van der Waals surface area contributed by atoms with Crippen molar-refractivity contribution in [3.63, 3.8) is 0 Å². The van der Waals surface area contributed by atoms with Crippen LogP contribution in [0.25, 0.3) is 5.69 Å². The van der Waals surface area contributed by atoms with Gasteiger partial charge in [-0.25, -0.2) is 0 Å². The topological polar surface area (TPSA) is 54.8 Å². The largest absolute Gasteiger partial charge is 0.495 e. The summed E-state index contributed by atoms with van der Waals surface area (Å²) in [6.07, 6.45) is 1.70. The van der Waals surface area contributed by atoms with Crippen molar-refractivity contribution in [2.24, 2.45) is 0 Å². The number of likely N-dealkylation sites (N-methyl/N-ethyl adjacent to an activating group) is 1. The van der Waals surface area contributed by atoms with E-state index in [-0.39, 0.29) is 23.1 Å². The Hall–Kier alpha value is -3.38. The van der Waals surface area contributed by atoms with Gasteiger partial charge < -0.3 is 14.5 Å². The molecule has 4 rings (SSSR count). The fourth-order valence-electron chi connectivity index (χ4n) is 4.17. The first-order valence-electron chi connectivity index (χ1n) is 10.4. The van der Waals surface area contributed by atoms with Gasteiger partial charge in [0.25, 0.3) is 11.5 Å². The minimum atomic E-state index is -0.333. The average Bonchev–Trinajstić information content (AvgIpc) is 2.79. The van der Waals surface area contributed by atoms with E-state index in [4.69, 9.17) is 4.74 Å². The van der Waals surface area contributed by atoms with E-state index in [1.165, 1.54) is 4.57 Å². The van der Waals surface area contributed by atoms with Crippen molar-refractivity contribution in [2.45, 2.75) is 13.0 Å². The SMILES string of the molecule is COc1ccccc1-n1ccc(C)c(C(=O)N2CCN(C)CC2c2ccccc2)c1=O. The molecule has 2 heterocycles. The molecule has 6 heteroatoms. The van der Waals surface area contributed by atoms with Crippen molar-refractivity contribution in [3.8, 4) is 11.4 Å². The zero-order chi connectivity index (χ0) is 22.0. The molecule has 1 aromatic heterocycles. The van der Waals surface area contributed by atoms with Crippen molar-refractivity contribution in [1.29, 1.82) is 0 Å². The van der Waals surface area contributed by atoms with E-state index in [9.17, 15) is 9.59 Å². The van der Waals surface area contributed by atoms with Crippen LogP contribution in [-0.4, -0.2) is 54.1 Å². The van der Waals surface area contributed by atoms with Crippen LogP contribution in [0, 0.1) is 6.92 Å². The number of hydrogen-bond acceptors (Lipinski definition) is 4. The highest BCUT2D eigenvalue weighted by Gasteiger charge is 2.33. The molecule has 0 saturated carbocycles. The van der Waals surface area contributed by atoms with Gasteiger partial charge in [-0.2, -0.15) is 0 Å². The molecule has 0 bridgehead atoms. The third-order valence-electron chi connectivity index (χ3n) is 5.89. The number of pyridine rings is 1. The number of hydrogen-bond donors (Lipinski definition) is 0. The Morgan fingerprint density at radius 2 is 1.71 bits per heavy atom. The lowest BCUT2D eigenvalue weighted by atomic mass is 10.0. The summed E-state index contributed by atoms with van der Waals surface area (Å²) in [5.74, 6) is 0.349. The summed E-state index contributed by atoms with van der Waals surface area (Å²) in [6, 6.07) is 19.0. The molecule has 0 spiro atoms. The van der Waals surface area contributed by atoms with Crippen LogP contribution in [-0.2, 0) is 0 Å². The number of amides is 1. The molecule has 2 aromatic carbocycles. The molecule has 1 fully saturated rings. The number of methoxy groups -OCH3 is 1. The molecule has 0 radical (unpaired) electrons. The molecule has 160 valence electrons. The van der Waals surface area contributed by atoms with Gasteiger partial charge >= 0.3 is 0 Å². The van der Waals surface area contributed by atoms with E-state index in [2.05, 4.69) is 11.9 Å².